The average molecular weight is 312 g/mol. The van der Waals surface area contributed by atoms with Gasteiger partial charge in [-0.3, -0.25) is 4.79 Å². The van der Waals surface area contributed by atoms with Crippen molar-refractivity contribution in [3.8, 4) is 0 Å². The van der Waals surface area contributed by atoms with Gasteiger partial charge in [0, 0.05) is 23.7 Å². The average Bonchev–Trinajstić information content (AvgIpc) is 2.81. The van der Waals surface area contributed by atoms with Crippen molar-refractivity contribution < 1.29 is 24.9 Å². The molecule has 8 atom stereocenters. The lowest BCUT2D eigenvalue weighted by molar-refractivity contribution is -0.167. The summed E-state index contributed by atoms with van der Waals surface area (Å²) in [7, 11) is 0. The van der Waals surface area contributed by atoms with Crippen LogP contribution in [-0.4, -0.2) is 45.2 Å². The van der Waals surface area contributed by atoms with Crippen molar-refractivity contribution in [3.63, 3.8) is 0 Å². The van der Waals surface area contributed by atoms with Crippen molar-refractivity contribution in [1.29, 1.82) is 0 Å². The van der Waals surface area contributed by atoms with E-state index in [2.05, 4.69) is 13.8 Å². The molecule has 0 aromatic heterocycles. The Bertz CT molecular complexity index is 503. The minimum absolute atomic E-state index is 0.0433. The summed E-state index contributed by atoms with van der Waals surface area (Å²) in [6, 6.07) is 0. The third kappa shape index (κ3) is 1.68. The molecule has 3 fully saturated rings. The fourth-order valence-electron chi connectivity index (χ4n) is 6.02. The van der Waals surface area contributed by atoms with Crippen LogP contribution in [0.2, 0.25) is 0 Å². The van der Waals surface area contributed by atoms with Crippen LogP contribution < -0.4 is 0 Å². The van der Waals surface area contributed by atoms with Crippen molar-refractivity contribution in [1.82, 2.24) is 0 Å². The minimum Gasteiger partial charge on any atom is -0.462 e. The number of aliphatic hydroxyl groups is 3. The molecule has 0 unspecified atom stereocenters. The van der Waals surface area contributed by atoms with Gasteiger partial charge in [0.25, 0.3) is 0 Å². The number of carbonyl (C=O) groups excluding carboxylic acids is 1. The Hall–Kier alpha value is -0.650. The molecule has 3 aliphatic carbocycles. The third-order valence-corrected chi connectivity index (χ3v) is 7.16. The second kappa shape index (κ2) is 4.46. The first-order chi connectivity index (χ1) is 9.96. The quantitative estimate of drug-likeness (QED) is 0.631. The molecule has 5 nitrogen and oxygen atoms in total. The Morgan fingerprint density at radius 3 is 2.32 bits per heavy atom. The molecule has 0 heterocycles. The molecule has 22 heavy (non-hydrogen) atoms. The van der Waals surface area contributed by atoms with Crippen LogP contribution in [0.5, 0.6) is 0 Å². The van der Waals surface area contributed by atoms with Crippen LogP contribution in [0.3, 0.4) is 0 Å². The number of fused-ring (bicyclic) bond motifs is 3. The highest BCUT2D eigenvalue weighted by atomic mass is 16.5. The Balaban J connectivity index is 2.07. The molecule has 3 aliphatic rings. The summed E-state index contributed by atoms with van der Waals surface area (Å²) in [5, 5.41) is 31.9. The normalized spacial score (nSPS) is 55.8. The Morgan fingerprint density at radius 2 is 1.77 bits per heavy atom. The molecular weight excluding hydrogens is 284 g/mol. The molecule has 0 bridgehead atoms. The van der Waals surface area contributed by atoms with Crippen LogP contribution in [0.1, 0.15) is 47.5 Å². The van der Waals surface area contributed by atoms with E-state index in [1.807, 2.05) is 13.8 Å². The van der Waals surface area contributed by atoms with Gasteiger partial charge in [-0.2, -0.15) is 0 Å². The molecule has 0 spiro atoms. The molecule has 0 saturated heterocycles. The van der Waals surface area contributed by atoms with Gasteiger partial charge in [-0.05, 0) is 24.7 Å². The van der Waals surface area contributed by atoms with Crippen molar-refractivity contribution >= 4 is 5.97 Å². The van der Waals surface area contributed by atoms with Crippen LogP contribution in [0.15, 0.2) is 0 Å². The summed E-state index contributed by atoms with van der Waals surface area (Å²) in [5.41, 5.74) is -2.13. The summed E-state index contributed by atoms with van der Waals surface area (Å²) in [6.45, 7) is 9.42. The van der Waals surface area contributed by atoms with E-state index in [0.29, 0.717) is 6.42 Å². The first-order valence-corrected chi connectivity index (χ1v) is 8.22. The standard InChI is InChI=1S/C17H28O5/c1-8-12(19)13(20)17(21)7-10-6-15(3,4)14(22-9(2)18)11(10)16(8,17)5/h8,10-14,19-21H,6-7H2,1-5H3/t8-,10+,11-,12-,13+,14+,16-,17+/m0/s1. The SMILES string of the molecule is CC(=O)O[C@@H]1[C@@H]2[C@H](CC1(C)C)C[C@@]1(O)[C@H](O)[C@@H](O)[C@H](C)[C@@]21C. The summed E-state index contributed by atoms with van der Waals surface area (Å²) < 4.78 is 5.66. The maximum atomic E-state index is 11.6. The predicted octanol–water partition coefficient (Wildman–Crippen LogP) is 1.09. The molecule has 3 N–H and O–H groups in total. The highest BCUT2D eigenvalue weighted by Gasteiger charge is 2.77. The first kappa shape index (κ1) is 16.2. The monoisotopic (exact) mass is 312 g/mol. The van der Waals surface area contributed by atoms with E-state index in [4.69, 9.17) is 4.74 Å². The summed E-state index contributed by atoms with van der Waals surface area (Å²) >= 11 is 0. The van der Waals surface area contributed by atoms with Gasteiger partial charge in [0.15, 0.2) is 0 Å². The summed E-state index contributed by atoms with van der Waals surface area (Å²) in [4.78, 5) is 11.6. The van der Waals surface area contributed by atoms with Crippen molar-refractivity contribution in [2.45, 2.75) is 71.4 Å². The zero-order chi connectivity index (χ0) is 16.7. The first-order valence-electron chi connectivity index (χ1n) is 8.22. The van der Waals surface area contributed by atoms with Crippen molar-refractivity contribution in [2.75, 3.05) is 0 Å². The van der Waals surface area contributed by atoms with Crippen molar-refractivity contribution in [3.05, 3.63) is 0 Å². The summed E-state index contributed by atoms with van der Waals surface area (Å²) in [6.07, 6.45) is -1.08. The Morgan fingerprint density at radius 1 is 1.18 bits per heavy atom. The summed E-state index contributed by atoms with van der Waals surface area (Å²) in [5.74, 6) is -0.420. The van der Waals surface area contributed by atoms with E-state index in [9.17, 15) is 20.1 Å². The zero-order valence-corrected chi connectivity index (χ0v) is 14.0. The molecule has 126 valence electrons. The van der Waals surface area contributed by atoms with E-state index >= 15 is 0 Å². The van der Waals surface area contributed by atoms with E-state index in [-0.39, 0.29) is 35.2 Å². The van der Waals surface area contributed by atoms with E-state index in [1.165, 1.54) is 6.92 Å². The van der Waals surface area contributed by atoms with Crippen LogP contribution in [-0.2, 0) is 9.53 Å². The lowest BCUT2D eigenvalue weighted by atomic mass is 9.64. The molecule has 0 aromatic rings. The van der Waals surface area contributed by atoms with Gasteiger partial charge in [-0.15, -0.1) is 0 Å². The Labute approximate surface area is 131 Å². The molecular formula is C17H28O5. The molecule has 3 rings (SSSR count). The molecule has 5 heteroatoms. The van der Waals surface area contributed by atoms with Gasteiger partial charge in [-0.25, -0.2) is 0 Å². The van der Waals surface area contributed by atoms with Crippen LogP contribution in [0.4, 0.5) is 0 Å². The molecule has 0 radical (unpaired) electrons. The molecule has 0 amide bonds. The molecule has 0 aromatic carbocycles. The Kier molecular flexibility index (Phi) is 3.28. The van der Waals surface area contributed by atoms with Gasteiger partial charge in [0.1, 0.15) is 12.2 Å². The maximum absolute atomic E-state index is 11.6. The van der Waals surface area contributed by atoms with E-state index < -0.39 is 23.2 Å². The fraction of sp³-hybridized carbons (Fsp3) is 0.941. The number of hydrogen-bond acceptors (Lipinski definition) is 5. The van der Waals surface area contributed by atoms with Gasteiger partial charge < -0.3 is 20.1 Å². The highest BCUT2D eigenvalue weighted by Crippen LogP contribution is 2.71. The van der Waals surface area contributed by atoms with E-state index in [1.54, 1.807) is 0 Å². The number of aliphatic hydroxyl groups excluding tert-OH is 2. The van der Waals surface area contributed by atoms with E-state index in [0.717, 1.165) is 6.42 Å². The number of ether oxygens (including phenoxy) is 1. The number of hydrogen-bond donors (Lipinski definition) is 3. The second-order valence-corrected chi connectivity index (χ2v) is 8.64. The molecule has 3 saturated carbocycles. The fourth-order valence-corrected chi connectivity index (χ4v) is 6.02. The van der Waals surface area contributed by atoms with Gasteiger partial charge in [0.05, 0.1) is 11.7 Å². The molecule has 0 aliphatic heterocycles. The van der Waals surface area contributed by atoms with Crippen LogP contribution >= 0.6 is 0 Å². The minimum atomic E-state index is -1.31. The van der Waals surface area contributed by atoms with Gasteiger partial charge in [-0.1, -0.05) is 27.7 Å². The number of carbonyl (C=O) groups is 1. The predicted molar refractivity (Wildman–Crippen MR) is 79.8 cm³/mol. The maximum Gasteiger partial charge on any atom is 0.302 e. The largest absolute Gasteiger partial charge is 0.462 e. The van der Waals surface area contributed by atoms with Crippen LogP contribution in [0.25, 0.3) is 0 Å². The van der Waals surface area contributed by atoms with Crippen molar-refractivity contribution in [2.24, 2.45) is 28.6 Å². The second-order valence-electron chi connectivity index (χ2n) is 8.64. The topological polar surface area (TPSA) is 87.0 Å². The van der Waals surface area contributed by atoms with Crippen LogP contribution in [0, 0.1) is 28.6 Å². The third-order valence-electron chi connectivity index (χ3n) is 7.16. The lowest BCUT2D eigenvalue weighted by Gasteiger charge is -2.44. The lowest BCUT2D eigenvalue weighted by Crippen LogP contribution is -2.52. The van der Waals surface area contributed by atoms with Gasteiger partial charge in [0.2, 0.25) is 0 Å². The zero-order valence-electron chi connectivity index (χ0n) is 14.0. The number of esters is 1. The number of rotatable bonds is 1. The van der Waals surface area contributed by atoms with Gasteiger partial charge >= 0.3 is 5.97 Å². The highest BCUT2D eigenvalue weighted by molar-refractivity contribution is 5.66. The smallest absolute Gasteiger partial charge is 0.302 e.